The fourth-order valence-corrected chi connectivity index (χ4v) is 2.06. The summed E-state index contributed by atoms with van der Waals surface area (Å²) in [6.45, 7) is 4.89. The fourth-order valence-electron chi connectivity index (χ4n) is 2.06. The molecule has 2 aromatic heterocycles. The van der Waals surface area contributed by atoms with Gasteiger partial charge in [0.1, 0.15) is 5.82 Å². The van der Waals surface area contributed by atoms with Crippen molar-refractivity contribution >= 4 is 11.6 Å². The van der Waals surface area contributed by atoms with Gasteiger partial charge < -0.3 is 15.6 Å². The molecule has 1 atom stereocenters. The zero-order chi connectivity index (χ0) is 15.1. The molecule has 0 aliphatic carbocycles. The lowest BCUT2D eigenvalue weighted by Gasteiger charge is -2.16. The standard InChI is InChI=1S/C15H21N5O/c1-3-6-17-13-10-16-7-5-11(13)15(21)20-12(4-2)14-18-8-9-19-14/h5,7-10,12,17H,3-4,6H2,1-2H3,(H,18,19)(H,20,21). The molecule has 0 radical (unpaired) electrons. The SMILES string of the molecule is CCCNc1cnccc1C(=O)NC(CC)c1ncc[nH]1. The van der Waals surface area contributed by atoms with Crippen LogP contribution in [0.1, 0.15) is 48.9 Å². The van der Waals surface area contributed by atoms with Gasteiger partial charge in [-0.25, -0.2) is 4.98 Å². The molecule has 0 aromatic carbocycles. The molecule has 2 rings (SSSR count). The number of nitrogens with zero attached hydrogens (tertiary/aromatic N) is 2. The van der Waals surface area contributed by atoms with Crippen molar-refractivity contribution in [3.05, 3.63) is 42.2 Å². The van der Waals surface area contributed by atoms with Crippen LogP contribution < -0.4 is 10.6 Å². The summed E-state index contributed by atoms with van der Waals surface area (Å²) in [6, 6.07) is 1.60. The highest BCUT2D eigenvalue weighted by Gasteiger charge is 2.18. The summed E-state index contributed by atoms with van der Waals surface area (Å²) in [6.07, 6.45) is 8.50. The lowest BCUT2D eigenvalue weighted by molar-refractivity contribution is 0.0934. The molecule has 6 nitrogen and oxygen atoms in total. The molecular weight excluding hydrogens is 266 g/mol. The van der Waals surface area contributed by atoms with Gasteiger partial charge in [-0.15, -0.1) is 0 Å². The molecule has 0 saturated heterocycles. The van der Waals surface area contributed by atoms with E-state index in [1.807, 2.05) is 6.92 Å². The smallest absolute Gasteiger partial charge is 0.254 e. The highest BCUT2D eigenvalue weighted by molar-refractivity contribution is 5.99. The molecular formula is C15H21N5O. The molecule has 21 heavy (non-hydrogen) atoms. The van der Waals surface area contributed by atoms with E-state index in [1.165, 1.54) is 0 Å². The van der Waals surface area contributed by atoms with Gasteiger partial charge in [0.15, 0.2) is 0 Å². The Morgan fingerprint density at radius 3 is 2.90 bits per heavy atom. The van der Waals surface area contributed by atoms with Gasteiger partial charge >= 0.3 is 0 Å². The maximum absolute atomic E-state index is 12.5. The first kappa shape index (κ1) is 15.0. The Labute approximate surface area is 124 Å². The summed E-state index contributed by atoms with van der Waals surface area (Å²) >= 11 is 0. The summed E-state index contributed by atoms with van der Waals surface area (Å²) in [5.74, 6) is 0.641. The van der Waals surface area contributed by atoms with Crippen LogP contribution in [-0.2, 0) is 0 Å². The van der Waals surface area contributed by atoms with Crippen molar-refractivity contribution < 1.29 is 4.79 Å². The van der Waals surface area contributed by atoms with Crippen molar-refractivity contribution in [3.8, 4) is 0 Å². The molecule has 2 aromatic rings. The van der Waals surface area contributed by atoms with Gasteiger partial charge in [-0.05, 0) is 18.9 Å². The molecule has 2 heterocycles. The highest BCUT2D eigenvalue weighted by atomic mass is 16.1. The van der Waals surface area contributed by atoms with Crippen LogP contribution in [0, 0.1) is 0 Å². The first-order chi connectivity index (χ1) is 10.3. The Hall–Kier alpha value is -2.37. The maximum Gasteiger partial charge on any atom is 0.254 e. The zero-order valence-electron chi connectivity index (χ0n) is 12.4. The number of aromatic nitrogens is 3. The van der Waals surface area contributed by atoms with Gasteiger partial charge in [0.05, 0.1) is 23.5 Å². The Morgan fingerprint density at radius 1 is 1.38 bits per heavy atom. The minimum atomic E-state index is -0.126. The molecule has 6 heteroatoms. The molecule has 1 amide bonds. The Bertz CT molecular complexity index is 567. The second kappa shape index (κ2) is 7.42. The number of pyridine rings is 1. The first-order valence-corrected chi connectivity index (χ1v) is 7.24. The number of anilines is 1. The third-order valence-corrected chi connectivity index (χ3v) is 3.19. The van der Waals surface area contributed by atoms with Crippen LogP contribution in [0.2, 0.25) is 0 Å². The van der Waals surface area contributed by atoms with Crippen LogP contribution in [0.4, 0.5) is 5.69 Å². The molecule has 112 valence electrons. The third-order valence-electron chi connectivity index (χ3n) is 3.19. The topological polar surface area (TPSA) is 82.7 Å². The van der Waals surface area contributed by atoms with E-state index in [0.717, 1.165) is 30.9 Å². The van der Waals surface area contributed by atoms with Crippen molar-refractivity contribution in [2.24, 2.45) is 0 Å². The number of hydrogen-bond acceptors (Lipinski definition) is 4. The van der Waals surface area contributed by atoms with E-state index in [1.54, 1.807) is 30.9 Å². The van der Waals surface area contributed by atoms with E-state index in [4.69, 9.17) is 0 Å². The van der Waals surface area contributed by atoms with Gasteiger partial charge in [0.25, 0.3) is 5.91 Å². The van der Waals surface area contributed by atoms with E-state index >= 15 is 0 Å². The number of carbonyl (C=O) groups excluding carboxylic acids is 1. The van der Waals surface area contributed by atoms with Gasteiger partial charge in [0.2, 0.25) is 0 Å². The minimum absolute atomic E-state index is 0.125. The predicted molar refractivity (Wildman–Crippen MR) is 82.1 cm³/mol. The van der Waals surface area contributed by atoms with Crippen LogP contribution in [0.5, 0.6) is 0 Å². The maximum atomic E-state index is 12.5. The van der Waals surface area contributed by atoms with Crippen molar-refractivity contribution in [2.45, 2.75) is 32.7 Å². The van der Waals surface area contributed by atoms with Gasteiger partial charge in [0, 0.05) is 25.1 Å². The minimum Gasteiger partial charge on any atom is -0.383 e. The zero-order valence-corrected chi connectivity index (χ0v) is 12.4. The lowest BCUT2D eigenvalue weighted by Crippen LogP contribution is -2.29. The summed E-state index contributed by atoms with van der Waals surface area (Å²) in [4.78, 5) is 23.8. The largest absolute Gasteiger partial charge is 0.383 e. The Balaban J connectivity index is 2.12. The number of carbonyl (C=O) groups is 1. The summed E-state index contributed by atoms with van der Waals surface area (Å²) in [5.41, 5.74) is 1.36. The molecule has 0 aliphatic rings. The molecule has 0 spiro atoms. The molecule has 0 bridgehead atoms. The van der Waals surface area contributed by atoms with Crippen LogP contribution in [0.25, 0.3) is 0 Å². The molecule has 0 fully saturated rings. The third kappa shape index (κ3) is 3.81. The van der Waals surface area contributed by atoms with Crippen LogP contribution in [0.3, 0.4) is 0 Å². The number of nitrogens with one attached hydrogen (secondary N) is 3. The molecule has 0 aliphatic heterocycles. The highest BCUT2D eigenvalue weighted by Crippen LogP contribution is 2.17. The van der Waals surface area contributed by atoms with E-state index in [-0.39, 0.29) is 11.9 Å². The van der Waals surface area contributed by atoms with Crippen LogP contribution in [-0.4, -0.2) is 27.4 Å². The van der Waals surface area contributed by atoms with Gasteiger partial charge in [-0.1, -0.05) is 13.8 Å². The average Bonchev–Trinajstić information content (AvgIpc) is 3.04. The number of amides is 1. The van der Waals surface area contributed by atoms with Crippen molar-refractivity contribution in [2.75, 3.05) is 11.9 Å². The number of H-pyrrole nitrogens is 1. The summed E-state index contributed by atoms with van der Waals surface area (Å²) < 4.78 is 0. The van der Waals surface area contributed by atoms with Gasteiger partial charge in [-0.3, -0.25) is 9.78 Å². The number of aromatic amines is 1. The van der Waals surface area contributed by atoms with Crippen LogP contribution >= 0.6 is 0 Å². The lowest BCUT2D eigenvalue weighted by atomic mass is 10.1. The van der Waals surface area contributed by atoms with Crippen molar-refractivity contribution in [1.82, 2.24) is 20.3 Å². The fraction of sp³-hybridized carbons (Fsp3) is 0.400. The quantitative estimate of drug-likeness (QED) is 0.730. The van der Waals surface area contributed by atoms with Crippen molar-refractivity contribution in [3.63, 3.8) is 0 Å². The van der Waals surface area contributed by atoms with Crippen LogP contribution in [0.15, 0.2) is 30.9 Å². The number of hydrogen-bond donors (Lipinski definition) is 3. The summed E-state index contributed by atoms with van der Waals surface area (Å²) in [5, 5.41) is 6.22. The summed E-state index contributed by atoms with van der Waals surface area (Å²) in [7, 11) is 0. The van der Waals surface area contributed by atoms with Crippen molar-refractivity contribution in [1.29, 1.82) is 0 Å². The van der Waals surface area contributed by atoms with E-state index in [0.29, 0.717) is 5.56 Å². The monoisotopic (exact) mass is 287 g/mol. The second-order valence-corrected chi connectivity index (χ2v) is 4.76. The number of rotatable bonds is 7. The van der Waals surface area contributed by atoms with E-state index < -0.39 is 0 Å². The predicted octanol–water partition coefficient (Wildman–Crippen LogP) is 2.51. The average molecular weight is 287 g/mol. The van der Waals surface area contributed by atoms with Gasteiger partial charge in [-0.2, -0.15) is 0 Å². The Morgan fingerprint density at radius 2 is 2.24 bits per heavy atom. The second-order valence-electron chi connectivity index (χ2n) is 4.76. The van der Waals surface area contributed by atoms with E-state index in [9.17, 15) is 4.79 Å². The number of imidazole rings is 1. The molecule has 3 N–H and O–H groups in total. The van der Waals surface area contributed by atoms with E-state index in [2.05, 4.69) is 32.5 Å². The first-order valence-electron chi connectivity index (χ1n) is 7.24. The normalized spacial score (nSPS) is 11.9. The molecule has 0 saturated carbocycles. The molecule has 1 unspecified atom stereocenters. The Kier molecular flexibility index (Phi) is 5.31.